The Morgan fingerprint density at radius 2 is 2.19 bits per heavy atom. The van der Waals surface area contributed by atoms with Crippen LogP contribution in [0.15, 0.2) is 30.9 Å². The van der Waals surface area contributed by atoms with Crippen LogP contribution in [0, 0.1) is 17.8 Å². The van der Waals surface area contributed by atoms with Gasteiger partial charge in [0, 0.05) is 25.2 Å². The molecule has 1 unspecified atom stereocenters. The molecular formula is C20H26N4O3. The Kier molecular flexibility index (Phi) is 5.11. The number of aromatic nitrogens is 2. The fourth-order valence-corrected chi connectivity index (χ4v) is 3.62. The molecule has 0 aromatic carbocycles. The zero-order chi connectivity index (χ0) is 18.8. The lowest BCUT2D eigenvalue weighted by molar-refractivity contribution is -0.126. The van der Waals surface area contributed by atoms with Crippen molar-refractivity contribution in [1.29, 1.82) is 0 Å². The van der Waals surface area contributed by atoms with Crippen LogP contribution in [-0.2, 0) is 20.9 Å². The van der Waals surface area contributed by atoms with Crippen molar-refractivity contribution in [2.45, 2.75) is 38.8 Å². The largest absolute Gasteiger partial charge is 0.376 e. The summed E-state index contributed by atoms with van der Waals surface area (Å²) in [6.45, 7) is 3.35. The van der Waals surface area contributed by atoms with Gasteiger partial charge in [-0.2, -0.15) is 0 Å². The summed E-state index contributed by atoms with van der Waals surface area (Å²) in [5.74, 6) is 0.572. The first-order valence-corrected chi connectivity index (χ1v) is 9.68. The number of hydrogen-bond acceptors (Lipinski definition) is 4. The lowest BCUT2D eigenvalue weighted by atomic mass is 10.0. The summed E-state index contributed by atoms with van der Waals surface area (Å²) in [5.41, 5.74) is 2.04. The lowest BCUT2D eigenvalue weighted by Crippen LogP contribution is -2.36. The highest BCUT2D eigenvalue weighted by molar-refractivity contribution is 5.79. The molecule has 7 nitrogen and oxygen atoms in total. The summed E-state index contributed by atoms with van der Waals surface area (Å²) < 4.78 is 7.64. The van der Waals surface area contributed by atoms with E-state index in [4.69, 9.17) is 4.74 Å². The van der Waals surface area contributed by atoms with Gasteiger partial charge in [-0.25, -0.2) is 4.98 Å². The normalized spacial score (nSPS) is 23.3. The molecule has 2 aromatic rings. The number of ether oxygens (including phenoxy) is 1. The van der Waals surface area contributed by atoms with Crippen LogP contribution in [0.25, 0.3) is 5.52 Å². The second-order valence-corrected chi connectivity index (χ2v) is 7.74. The fraction of sp³-hybridized carbons (Fsp3) is 0.550. The zero-order valence-corrected chi connectivity index (χ0v) is 15.6. The number of nitrogens with one attached hydrogen (secondary N) is 2. The van der Waals surface area contributed by atoms with E-state index in [0.29, 0.717) is 32.0 Å². The molecule has 2 aromatic heterocycles. The maximum absolute atomic E-state index is 12.4. The van der Waals surface area contributed by atoms with Gasteiger partial charge in [-0.1, -0.05) is 13.0 Å². The van der Waals surface area contributed by atoms with Crippen molar-refractivity contribution in [3.8, 4) is 0 Å². The van der Waals surface area contributed by atoms with Crippen molar-refractivity contribution >= 4 is 17.3 Å². The standard InChI is InChI=1S/C20H26N4O3/c1-13(15-3-4-15)19(25)23-9-18-6-16(11-27-18)20(26)22-7-14-2-5-17-8-21-12-24(17)10-14/h2,5,8,10,12-13,15-16,18H,3-4,6-7,9,11H2,1H3,(H,22,26)(H,23,25)/t13?,16-,18-/m0/s1. The lowest BCUT2D eigenvalue weighted by Gasteiger charge is -2.14. The molecular weight excluding hydrogens is 344 g/mol. The minimum absolute atomic E-state index is 0.000836. The van der Waals surface area contributed by atoms with Gasteiger partial charge in [0.15, 0.2) is 0 Å². The molecule has 4 rings (SSSR count). The van der Waals surface area contributed by atoms with Gasteiger partial charge in [0.05, 0.1) is 36.7 Å². The molecule has 27 heavy (non-hydrogen) atoms. The maximum atomic E-state index is 12.4. The van der Waals surface area contributed by atoms with Crippen molar-refractivity contribution in [2.75, 3.05) is 13.2 Å². The van der Waals surface area contributed by atoms with Gasteiger partial charge in [0.25, 0.3) is 0 Å². The van der Waals surface area contributed by atoms with Crippen LogP contribution in [0.2, 0.25) is 0 Å². The Balaban J connectivity index is 1.21. The Morgan fingerprint density at radius 1 is 1.33 bits per heavy atom. The third-order valence-electron chi connectivity index (χ3n) is 5.63. The number of carbonyl (C=O) groups is 2. The van der Waals surface area contributed by atoms with E-state index in [1.807, 2.05) is 29.7 Å². The van der Waals surface area contributed by atoms with E-state index in [1.54, 1.807) is 12.5 Å². The molecule has 3 atom stereocenters. The Labute approximate surface area is 158 Å². The van der Waals surface area contributed by atoms with E-state index >= 15 is 0 Å². The van der Waals surface area contributed by atoms with Gasteiger partial charge in [-0.15, -0.1) is 0 Å². The minimum Gasteiger partial charge on any atom is -0.376 e. The molecule has 2 N–H and O–H groups in total. The van der Waals surface area contributed by atoms with E-state index < -0.39 is 0 Å². The highest BCUT2D eigenvalue weighted by Crippen LogP contribution is 2.36. The number of amides is 2. The molecule has 3 heterocycles. The third-order valence-corrected chi connectivity index (χ3v) is 5.63. The summed E-state index contributed by atoms with van der Waals surface area (Å²) in [5, 5.41) is 5.96. The number of imidazole rings is 1. The quantitative estimate of drug-likeness (QED) is 0.774. The van der Waals surface area contributed by atoms with Crippen LogP contribution in [0.5, 0.6) is 0 Å². The Morgan fingerprint density at radius 3 is 3.00 bits per heavy atom. The second-order valence-electron chi connectivity index (χ2n) is 7.74. The zero-order valence-electron chi connectivity index (χ0n) is 15.6. The van der Waals surface area contributed by atoms with E-state index in [9.17, 15) is 9.59 Å². The van der Waals surface area contributed by atoms with E-state index in [-0.39, 0.29) is 29.8 Å². The molecule has 0 bridgehead atoms. The molecule has 0 radical (unpaired) electrons. The predicted octanol–water partition coefficient (Wildman–Crippen LogP) is 1.52. The molecule has 0 spiro atoms. The monoisotopic (exact) mass is 370 g/mol. The molecule has 7 heteroatoms. The summed E-state index contributed by atoms with van der Waals surface area (Å²) in [7, 11) is 0. The van der Waals surface area contributed by atoms with Crippen LogP contribution in [0.3, 0.4) is 0 Å². The first-order chi connectivity index (χ1) is 13.1. The van der Waals surface area contributed by atoms with E-state index in [2.05, 4.69) is 15.6 Å². The fourth-order valence-electron chi connectivity index (χ4n) is 3.62. The van der Waals surface area contributed by atoms with Crippen molar-refractivity contribution < 1.29 is 14.3 Å². The van der Waals surface area contributed by atoms with Crippen molar-refractivity contribution in [1.82, 2.24) is 20.0 Å². The van der Waals surface area contributed by atoms with Crippen LogP contribution in [0.1, 0.15) is 31.7 Å². The first-order valence-electron chi connectivity index (χ1n) is 9.68. The molecule has 1 aliphatic heterocycles. The average molecular weight is 370 g/mol. The second kappa shape index (κ2) is 7.68. The SMILES string of the molecule is CC(C(=O)NC[C@@H]1C[C@H](C(=O)NCc2ccc3cncn3c2)CO1)C1CC1. The minimum atomic E-state index is -0.162. The molecule has 1 aliphatic carbocycles. The Bertz CT molecular complexity index is 829. The van der Waals surface area contributed by atoms with Gasteiger partial charge < -0.3 is 19.8 Å². The first kappa shape index (κ1) is 18.0. The molecule has 1 saturated heterocycles. The number of rotatable bonds is 7. The summed E-state index contributed by atoms with van der Waals surface area (Å²) in [6, 6.07) is 3.97. The van der Waals surface area contributed by atoms with Crippen LogP contribution in [-0.4, -0.2) is 40.5 Å². The van der Waals surface area contributed by atoms with Gasteiger partial charge in [-0.05, 0) is 36.8 Å². The number of pyridine rings is 1. The topological polar surface area (TPSA) is 84.7 Å². The summed E-state index contributed by atoms with van der Waals surface area (Å²) in [4.78, 5) is 28.6. The van der Waals surface area contributed by atoms with Gasteiger partial charge in [0.1, 0.15) is 0 Å². The third kappa shape index (κ3) is 4.30. The van der Waals surface area contributed by atoms with Gasteiger partial charge in [-0.3, -0.25) is 9.59 Å². The van der Waals surface area contributed by atoms with Crippen molar-refractivity contribution in [3.05, 3.63) is 36.4 Å². The van der Waals surface area contributed by atoms with Gasteiger partial charge >= 0.3 is 0 Å². The molecule has 144 valence electrons. The number of carbonyl (C=O) groups excluding carboxylic acids is 2. The Hall–Kier alpha value is -2.41. The number of hydrogen-bond donors (Lipinski definition) is 2. The number of nitrogens with zero attached hydrogens (tertiary/aromatic N) is 2. The highest BCUT2D eigenvalue weighted by atomic mass is 16.5. The van der Waals surface area contributed by atoms with Crippen LogP contribution < -0.4 is 10.6 Å². The smallest absolute Gasteiger partial charge is 0.225 e. The number of fused-ring (bicyclic) bond motifs is 1. The van der Waals surface area contributed by atoms with Crippen molar-refractivity contribution in [2.24, 2.45) is 17.8 Å². The van der Waals surface area contributed by atoms with Crippen LogP contribution >= 0.6 is 0 Å². The molecule has 2 fully saturated rings. The van der Waals surface area contributed by atoms with E-state index in [0.717, 1.165) is 23.9 Å². The molecule has 2 amide bonds. The summed E-state index contributed by atoms with van der Waals surface area (Å²) >= 11 is 0. The average Bonchev–Trinajstić information content (AvgIpc) is 3.23. The molecule has 2 aliphatic rings. The van der Waals surface area contributed by atoms with Gasteiger partial charge in [0.2, 0.25) is 11.8 Å². The highest BCUT2D eigenvalue weighted by Gasteiger charge is 2.34. The molecule has 1 saturated carbocycles. The van der Waals surface area contributed by atoms with E-state index in [1.165, 1.54) is 0 Å². The predicted molar refractivity (Wildman–Crippen MR) is 99.8 cm³/mol. The van der Waals surface area contributed by atoms with Crippen LogP contribution in [0.4, 0.5) is 0 Å². The maximum Gasteiger partial charge on any atom is 0.225 e. The summed E-state index contributed by atoms with van der Waals surface area (Å²) in [6.07, 6.45) is 8.38. The van der Waals surface area contributed by atoms with Crippen molar-refractivity contribution in [3.63, 3.8) is 0 Å².